The van der Waals surface area contributed by atoms with E-state index in [1.165, 1.54) is 5.56 Å². The average Bonchev–Trinajstić information content (AvgIpc) is 2.78. The van der Waals surface area contributed by atoms with Gasteiger partial charge >= 0.3 is 0 Å². The third-order valence-electron chi connectivity index (χ3n) is 7.10. The van der Waals surface area contributed by atoms with E-state index in [9.17, 15) is 0 Å². The molecule has 0 aliphatic carbocycles. The van der Waals surface area contributed by atoms with Gasteiger partial charge < -0.3 is 13.8 Å². The van der Waals surface area contributed by atoms with Crippen molar-refractivity contribution < 1.29 is 8.85 Å². The monoisotopic (exact) mass is 483 g/mol. The first-order chi connectivity index (χ1) is 13.5. The molecule has 3 atom stereocenters. The number of hydrogen-bond donors (Lipinski definition) is 1. The van der Waals surface area contributed by atoms with E-state index in [2.05, 4.69) is 96.9 Å². The Labute approximate surface area is 197 Å². The fraction of sp³-hybridized carbons (Fsp3) is 0.696. The van der Waals surface area contributed by atoms with Gasteiger partial charge in [-0.25, -0.2) is 0 Å². The molecular formula is C23H41NO2S2Si2. The van der Waals surface area contributed by atoms with Crippen LogP contribution in [0.1, 0.15) is 47.1 Å². The van der Waals surface area contributed by atoms with Crippen molar-refractivity contribution >= 4 is 46.5 Å². The lowest BCUT2D eigenvalue weighted by molar-refractivity contribution is 0.0802. The van der Waals surface area contributed by atoms with Crippen LogP contribution < -0.4 is 0 Å². The first kappa shape index (κ1) is 26.1. The Kier molecular flexibility index (Phi) is 7.81. The minimum absolute atomic E-state index is 0.100. The van der Waals surface area contributed by atoms with E-state index in [1.807, 2.05) is 6.07 Å². The van der Waals surface area contributed by atoms with Crippen molar-refractivity contribution in [2.45, 2.75) is 102 Å². The third-order valence-corrected chi connectivity index (χ3v) is 17.1. The molecule has 1 aromatic rings. The van der Waals surface area contributed by atoms with E-state index in [0.717, 1.165) is 11.5 Å². The molecule has 0 N–H and O–H groups in total. The van der Waals surface area contributed by atoms with Crippen LogP contribution in [-0.4, -0.2) is 44.1 Å². The summed E-state index contributed by atoms with van der Waals surface area (Å²) in [6, 6.07) is 10.4. The first-order valence-corrected chi connectivity index (χ1v) is 17.6. The minimum Gasteiger partial charge on any atom is -0.408 e. The number of thiocarbonyl (C=S) groups is 1. The lowest BCUT2D eigenvalue weighted by atomic mass is 10.2. The number of thiol groups is 1. The van der Waals surface area contributed by atoms with Gasteiger partial charge in [0.1, 0.15) is 22.6 Å². The third kappa shape index (κ3) is 5.59. The summed E-state index contributed by atoms with van der Waals surface area (Å²) in [4.78, 5) is 3.02. The number of hydrogen-bond acceptors (Lipinski definition) is 4. The maximum atomic E-state index is 6.92. The van der Waals surface area contributed by atoms with Crippen LogP contribution in [0.25, 0.3) is 0 Å². The zero-order valence-electron chi connectivity index (χ0n) is 20.4. The van der Waals surface area contributed by atoms with Crippen molar-refractivity contribution in [3.8, 4) is 0 Å². The first-order valence-electron chi connectivity index (χ1n) is 10.9. The van der Waals surface area contributed by atoms with Crippen molar-refractivity contribution in [3.63, 3.8) is 0 Å². The topological polar surface area (TPSA) is 21.7 Å². The molecule has 0 aromatic heterocycles. The van der Waals surface area contributed by atoms with E-state index in [0.29, 0.717) is 0 Å². The highest BCUT2D eigenvalue weighted by Crippen LogP contribution is 2.44. The zero-order valence-corrected chi connectivity index (χ0v) is 24.2. The van der Waals surface area contributed by atoms with Crippen LogP contribution in [-0.2, 0) is 15.4 Å². The largest absolute Gasteiger partial charge is 0.408 e. The van der Waals surface area contributed by atoms with Gasteiger partial charge in [0, 0.05) is 6.54 Å². The molecule has 1 aliphatic rings. The number of nitrogens with zero attached hydrogens (tertiary/aromatic N) is 1. The van der Waals surface area contributed by atoms with E-state index in [-0.39, 0.29) is 27.7 Å². The van der Waals surface area contributed by atoms with Crippen LogP contribution >= 0.6 is 24.8 Å². The molecule has 170 valence electrons. The molecule has 7 heteroatoms. The summed E-state index contributed by atoms with van der Waals surface area (Å²) < 4.78 is 13.8. The van der Waals surface area contributed by atoms with E-state index in [1.54, 1.807) is 0 Å². The molecule has 1 aliphatic heterocycles. The molecule has 0 spiro atoms. The molecule has 3 nitrogen and oxygen atoms in total. The van der Waals surface area contributed by atoms with E-state index >= 15 is 0 Å². The van der Waals surface area contributed by atoms with Crippen molar-refractivity contribution in [2.75, 3.05) is 0 Å². The van der Waals surface area contributed by atoms with Crippen LogP contribution in [0, 0.1) is 0 Å². The van der Waals surface area contributed by atoms with Crippen molar-refractivity contribution in [2.24, 2.45) is 0 Å². The number of benzene rings is 1. The molecule has 1 aromatic carbocycles. The van der Waals surface area contributed by atoms with Gasteiger partial charge in [-0.15, -0.1) is 0 Å². The highest BCUT2D eigenvalue weighted by Gasteiger charge is 2.53. The molecule has 0 bridgehead atoms. The molecule has 0 saturated carbocycles. The Bertz CT molecular complexity index is 742. The molecule has 1 fully saturated rings. The predicted molar refractivity (Wildman–Crippen MR) is 141 cm³/mol. The second-order valence-electron chi connectivity index (χ2n) is 11.5. The SMILES string of the molecule is CC(C)(C)[Si](C)(C)O[C@H]1[C@H](O[Si](C)(C)C(C)(C)C)C(=S)N(Cc2ccccc2)[C@H]1S. The molecule has 1 heterocycles. The fourth-order valence-corrected chi connectivity index (χ4v) is 6.55. The molecule has 2 rings (SSSR count). The number of likely N-dealkylation sites (tertiary alicyclic amines) is 1. The van der Waals surface area contributed by atoms with Gasteiger partial charge in [-0.3, -0.25) is 0 Å². The predicted octanol–water partition coefficient (Wildman–Crippen LogP) is 6.87. The summed E-state index contributed by atoms with van der Waals surface area (Å²) in [6.45, 7) is 23.5. The molecule has 0 unspecified atom stereocenters. The normalized spacial score (nSPS) is 23.9. The summed E-state index contributed by atoms with van der Waals surface area (Å²) in [5.74, 6) is 0. The van der Waals surface area contributed by atoms with Gasteiger partial charge in [0.15, 0.2) is 16.6 Å². The molecule has 0 amide bonds. The molecular weight excluding hydrogens is 443 g/mol. The van der Waals surface area contributed by atoms with Crippen LogP contribution in [0.15, 0.2) is 30.3 Å². The second kappa shape index (κ2) is 8.98. The van der Waals surface area contributed by atoms with Gasteiger partial charge in [-0.1, -0.05) is 84.1 Å². The maximum absolute atomic E-state index is 6.92. The Morgan fingerprint density at radius 2 is 1.37 bits per heavy atom. The van der Waals surface area contributed by atoms with Crippen LogP contribution in [0.3, 0.4) is 0 Å². The molecule has 0 radical (unpaired) electrons. The molecule has 1 saturated heterocycles. The summed E-state index contributed by atoms with van der Waals surface area (Å²) >= 11 is 11.0. The van der Waals surface area contributed by atoms with Gasteiger partial charge in [0.05, 0.1) is 0 Å². The fourth-order valence-electron chi connectivity index (χ4n) is 2.97. The highest BCUT2D eigenvalue weighted by molar-refractivity contribution is 7.82. The summed E-state index contributed by atoms with van der Waals surface area (Å²) in [5, 5.41) is 0.0844. The van der Waals surface area contributed by atoms with Crippen LogP contribution in [0.5, 0.6) is 0 Å². The smallest absolute Gasteiger partial charge is 0.193 e. The standard InChI is InChI=1S/C23H41NO2S2Si2/c1-22(2,3)29(7,8)25-18-19(26-30(9,10)23(4,5)6)21(28)24(20(18)27)16-17-14-12-11-13-15-17/h11-15,18-20,27H,16H2,1-10H3/t18-,19-,20-/m0/s1. The Balaban J connectivity index is 2.39. The summed E-state index contributed by atoms with van der Waals surface area (Å²) in [7, 11) is -4.06. The van der Waals surface area contributed by atoms with Crippen molar-refractivity contribution in [1.29, 1.82) is 0 Å². The second-order valence-corrected chi connectivity index (χ2v) is 22.0. The zero-order chi connectivity index (χ0) is 23.1. The van der Waals surface area contributed by atoms with Crippen LogP contribution in [0.4, 0.5) is 0 Å². The van der Waals surface area contributed by atoms with E-state index in [4.69, 9.17) is 33.7 Å². The lowest BCUT2D eigenvalue weighted by Crippen LogP contribution is -2.52. The van der Waals surface area contributed by atoms with Crippen molar-refractivity contribution in [3.05, 3.63) is 35.9 Å². The maximum Gasteiger partial charge on any atom is 0.193 e. The summed E-state index contributed by atoms with van der Waals surface area (Å²) in [6.07, 6.45) is -0.402. The Morgan fingerprint density at radius 1 is 0.900 bits per heavy atom. The lowest BCUT2D eigenvalue weighted by Gasteiger charge is -2.43. The number of rotatable bonds is 6. The average molecular weight is 484 g/mol. The van der Waals surface area contributed by atoms with Gasteiger partial charge in [-0.05, 0) is 41.8 Å². The minimum atomic E-state index is -2.04. The highest BCUT2D eigenvalue weighted by atomic mass is 32.1. The van der Waals surface area contributed by atoms with Gasteiger partial charge in [0.25, 0.3) is 0 Å². The Hall–Kier alpha value is -0.186. The Morgan fingerprint density at radius 3 is 1.83 bits per heavy atom. The van der Waals surface area contributed by atoms with E-state index < -0.39 is 16.6 Å². The summed E-state index contributed by atoms with van der Waals surface area (Å²) in [5.41, 5.74) is 1.22. The van der Waals surface area contributed by atoms with Crippen LogP contribution in [0.2, 0.25) is 36.3 Å². The van der Waals surface area contributed by atoms with Gasteiger partial charge in [-0.2, -0.15) is 12.6 Å². The molecule has 30 heavy (non-hydrogen) atoms. The van der Waals surface area contributed by atoms with Crippen molar-refractivity contribution in [1.82, 2.24) is 4.90 Å². The van der Waals surface area contributed by atoms with Gasteiger partial charge in [0.2, 0.25) is 0 Å². The quantitative estimate of drug-likeness (QED) is 0.271.